The summed E-state index contributed by atoms with van der Waals surface area (Å²) in [6, 6.07) is 10.7. The summed E-state index contributed by atoms with van der Waals surface area (Å²) in [5.74, 6) is 0.419. The van der Waals surface area contributed by atoms with E-state index >= 15 is 0 Å². The van der Waals surface area contributed by atoms with Crippen molar-refractivity contribution in [2.45, 2.75) is 12.0 Å². The first-order valence-electron chi connectivity index (χ1n) is 6.82. The van der Waals surface area contributed by atoms with Gasteiger partial charge in [-0.05, 0) is 18.2 Å². The standard InChI is InChI=1S/C16H16N2O3/c19-15(12-4-3-8-17-10-12)18-11-16(20)7-9-21-14-6-2-1-5-13(14)16/h1-6,8,10,20H,7,9,11H2,(H,18,19). The molecule has 1 amide bonds. The van der Waals surface area contributed by atoms with Gasteiger partial charge in [0.15, 0.2) is 0 Å². The number of nitrogens with zero attached hydrogens (tertiary/aromatic N) is 1. The Morgan fingerprint density at radius 1 is 1.33 bits per heavy atom. The fraction of sp³-hybridized carbons (Fsp3) is 0.250. The number of aliphatic hydroxyl groups is 1. The van der Waals surface area contributed by atoms with Gasteiger partial charge in [0.05, 0.1) is 18.7 Å². The molecule has 21 heavy (non-hydrogen) atoms. The summed E-state index contributed by atoms with van der Waals surface area (Å²) in [5.41, 5.74) is 0.0800. The first-order chi connectivity index (χ1) is 10.2. The molecule has 5 heteroatoms. The SMILES string of the molecule is O=C(NCC1(O)CCOc2ccccc21)c1cccnc1. The third-order valence-electron chi connectivity index (χ3n) is 3.63. The highest BCUT2D eigenvalue weighted by molar-refractivity contribution is 5.93. The lowest BCUT2D eigenvalue weighted by Crippen LogP contribution is -2.43. The summed E-state index contributed by atoms with van der Waals surface area (Å²) in [6.45, 7) is 0.567. The quantitative estimate of drug-likeness (QED) is 0.895. The summed E-state index contributed by atoms with van der Waals surface area (Å²) in [7, 11) is 0. The van der Waals surface area contributed by atoms with Crippen LogP contribution in [0.1, 0.15) is 22.3 Å². The van der Waals surface area contributed by atoms with Gasteiger partial charge in [-0.1, -0.05) is 18.2 Å². The predicted molar refractivity (Wildman–Crippen MR) is 77.0 cm³/mol. The number of benzene rings is 1. The number of hydrogen-bond donors (Lipinski definition) is 2. The first kappa shape index (κ1) is 13.6. The van der Waals surface area contributed by atoms with Gasteiger partial charge >= 0.3 is 0 Å². The number of pyridine rings is 1. The van der Waals surface area contributed by atoms with Crippen LogP contribution in [0.5, 0.6) is 5.75 Å². The number of fused-ring (bicyclic) bond motifs is 1. The Hall–Kier alpha value is -2.40. The van der Waals surface area contributed by atoms with E-state index in [4.69, 9.17) is 4.74 Å². The molecule has 2 heterocycles. The Kier molecular flexibility index (Phi) is 3.58. The van der Waals surface area contributed by atoms with Crippen molar-refractivity contribution in [3.8, 4) is 5.75 Å². The molecule has 0 aliphatic carbocycles. The highest BCUT2D eigenvalue weighted by atomic mass is 16.5. The fourth-order valence-corrected chi connectivity index (χ4v) is 2.45. The zero-order chi connectivity index (χ0) is 14.7. The molecule has 1 aromatic heterocycles. The van der Waals surface area contributed by atoms with Crippen LogP contribution >= 0.6 is 0 Å². The monoisotopic (exact) mass is 284 g/mol. The van der Waals surface area contributed by atoms with E-state index in [9.17, 15) is 9.90 Å². The summed E-state index contributed by atoms with van der Waals surface area (Å²) in [6.07, 6.45) is 3.55. The number of nitrogens with one attached hydrogen (secondary N) is 1. The van der Waals surface area contributed by atoms with Crippen molar-refractivity contribution in [1.29, 1.82) is 0 Å². The molecule has 1 aromatic carbocycles. The van der Waals surface area contributed by atoms with E-state index < -0.39 is 5.60 Å². The minimum Gasteiger partial charge on any atom is -0.493 e. The molecular weight excluding hydrogens is 268 g/mol. The van der Waals surface area contributed by atoms with Crippen molar-refractivity contribution in [3.63, 3.8) is 0 Å². The van der Waals surface area contributed by atoms with Crippen LogP contribution in [0.15, 0.2) is 48.8 Å². The third kappa shape index (κ3) is 2.73. The van der Waals surface area contributed by atoms with Crippen molar-refractivity contribution in [3.05, 3.63) is 59.9 Å². The van der Waals surface area contributed by atoms with Crippen molar-refractivity contribution in [1.82, 2.24) is 10.3 Å². The molecule has 1 aliphatic rings. The third-order valence-corrected chi connectivity index (χ3v) is 3.63. The molecule has 1 unspecified atom stereocenters. The van der Waals surface area contributed by atoms with Crippen molar-refractivity contribution >= 4 is 5.91 Å². The molecule has 3 rings (SSSR count). The minimum absolute atomic E-state index is 0.140. The molecule has 1 atom stereocenters. The number of carbonyl (C=O) groups excluding carboxylic acids is 1. The van der Waals surface area contributed by atoms with Crippen LogP contribution < -0.4 is 10.1 Å². The maximum atomic E-state index is 12.0. The van der Waals surface area contributed by atoms with Gasteiger partial charge in [0.25, 0.3) is 5.91 Å². The summed E-state index contributed by atoms with van der Waals surface area (Å²) in [5, 5.41) is 13.6. The molecule has 0 bridgehead atoms. The van der Waals surface area contributed by atoms with E-state index in [-0.39, 0.29) is 12.5 Å². The fourth-order valence-electron chi connectivity index (χ4n) is 2.45. The van der Waals surface area contributed by atoms with Crippen LogP contribution in [0.25, 0.3) is 0 Å². The first-order valence-corrected chi connectivity index (χ1v) is 6.82. The lowest BCUT2D eigenvalue weighted by molar-refractivity contribution is -0.00160. The van der Waals surface area contributed by atoms with Gasteiger partial charge in [-0.15, -0.1) is 0 Å². The zero-order valence-corrected chi connectivity index (χ0v) is 11.5. The minimum atomic E-state index is -1.10. The number of amides is 1. The zero-order valence-electron chi connectivity index (χ0n) is 11.5. The lowest BCUT2D eigenvalue weighted by atomic mass is 9.88. The average molecular weight is 284 g/mol. The predicted octanol–water partition coefficient (Wildman–Crippen LogP) is 1.48. The Bertz CT molecular complexity index is 645. The smallest absolute Gasteiger partial charge is 0.252 e. The van der Waals surface area contributed by atoms with Crippen molar-refractivity contribution in [2.24, 2.45) is 0 Å². The maximum absolute atomic E-state index is 12.0. The second-order valence-electron chi connectivity index (χ2n) is 5.05. The Morgan fingerprint density at radius 2 is 2.19 bits per heavy atom. The van der Waals surface area contributed by atoms with E-state index in [1.807, 2.05) is 24.3 Å². The summed E-state index contributed by atoms with van der Waals surface area (Å²) < 4.78 is 5.53. The van der Waals surface area contributed by atoms with Gasteiger partial charge in [0.2, 0.25) is 0 Å². The summed E-state index contributed by atoms with van der Waals surface area (Å²) >= 11 is 0. The van der Waals surface area contributed by atoms with E-state index in [1.165, 1.54) is 6.20 Å². The molecule has 0 spiro atoms. The second-order valence-corrected chi connectivity index (χ2v) is 5.05. The van der Waals surface area contributed by atoms with Crippen LogP contribution in [0.4, 0.5) is 0 Å². The van der Waals surface area contributed by atoms with Crippen molar-refractivity contribution < 1.29 is 14.6 Å². The molecule has 1 aliphatic heterocycles. The molecule has 0 radical (unpaired) electrons. The van der Waals surface area contributed by atoms with Gasteiger partial charge in [-0.2, -0.15) is 0 Å². The summed E-state index contributed by atoms with van der Waals surface area (Å²) in [4.78, 5) is 16.0. The Balaban J connectivity index is 1.75. The van der Waals surface area contributed by atoms with E-state index in [1.54, 1.807) is 18.3 Å². The van der Waals surface area contributed by atoms with Crippen LogP contribution in [0.2, 0.25) is 0 Å². The number of aromatic nitrogens is 1. The van der Waals surface area contributed by atoms with Crippen LogP contribution in [0, 0.1) is 0 Å². The largest absolute Gasteiger partial charge is 0.493 e. The van der Waals surface area contributed by atoms with Gasteiger partial charge in [0.1, 0.15) is 11.4 Å². The van der Waals surface area contributed by atoms with Crippen molar-refractivity contribution in [2.75, 3.05) is 13.2 Å². The highest BCUT2D eigenvalue weighted by Crippen LogP contribution is 2.36. The van der Waals surface area contributed by atoms with Gasteiger partial charge in [0, 0.05) is 24.4 Å². The molecule has 0 fully saturated rings. The van der Waals surface area contributed by atoms with Gasteiger partial charge in [-0.3, -0.25) is 9.78 Å². The Morgan fingerprint density at radius 3 is 3.00 bits per heavy atom. The van der Waals surface area contributed by atoms with E-state index in [0.29, 0.717) is 29.9 Å². The second kappa shape index (κ2) is 5.54. The number of para-hydroxylation sites is 1. The van der Waals surface area contributed by atoms with Crippen LogP contribution in [-0.2, 0) is 5.60 Å². The van der Waals surface area contributed by atoms with Gasteiger partial charge < -0.3 is 15.2 Å². The molecule has 2 N–H and O–H groups in total. The van der Waals surface area contributed by atoms with Gasteiger partial charge in [-0.25, -0.2) is 0 Å². The molecular formula is C16H16N2O3. The molecule has 0 saturated carbocycles. The highest BCUT2D eigenvalue weighted by Gasteiger charge is 2.35. The Labute approximate surface area is 122 Å². The maximum Gasteiger partial charge on any atom is 0.252 e. The molecule has 2 aromatic rings. The average Bonchev–Trinajstić information content (AvgIpc) is 2.54. The number of hydrogen-bond acceptors (Lipinski definition) is 4. The number of rotatable bonds is 3. The number of carbonyl (C=O) groups is 1. The van der Waals surface area contributed by atoms with E-state index in [2.05, 4.69) is 10.3 Å². The number of ether oxygens (including phenoxy) is 1. The normalized spacial score (nSPS) is 20.2. The lowest BCUT2D eigenvalue weighted by Gasteiger charge is -2.34. The van der Waals surface area contributed by atoms with Crippen LogP contribution in [-0.4, -0.2) is 29.1 Å². The molecule has 108 valence electrons. The van der Waals surface area contributed by atoms with E-state index in [0.717, 1.165) is 0 Å². The molecule has 0 saturated heterocycles. The topological polar surface area (TPSA) is 71.5 Å². The molecule has 5 nitrogen and oxygen atoms in total. The van der Waals surface area contributed by atoms with Crippen LogP contribution in [0.3, 0.4) is 0 Å².